The second-order valence-electron chi connectivity index (χ2n) is 4.23. The second-order valence-corrected chi connectivity index (χ2v) is 7.96. The standard InChI is InChI=1S/C15H11Br2NS2/c16-10-5-6-11(17)12(9-10)18-15(13-3-1-7-19-13)14-4-2-8-20-14/h1-9,15,18H. The fourth-order valence-electron chi connectivity index (χ4n) is 1.96. The van der Waals surface area contributed by atoms with E-state index >= 15 is 0 Å². The van der Waals surface area contributed by atoms with Crippen molar-refractivity contribution in [1.82, 2.24) is 0 Å². The number of nitrogens with one attached hydrogen (secondary N) is 1. The van der Waals surface area contributed by atoms with Gasteiger partial charge in [0.1, 0.15) is 0 Å². The van der Waals surface area contributed by atoms with Gasteiger partial charge >= 0.3 is 0 Å². The van der Waals surface area contributed by atoms with Crippen molar-refractivity contribution in [3.8, 4) is 0 Å². The maximum atomic E-state index is 3.64. The predicted molar refractivity (Wildman–Crippen MR) is 95.9 cm³/mol. The van der Waals surface area contributed by atoms with Gasteiger partial charge in [0.15, 0.2) is 0 Å². The first-order valence-corrected chi connectivity index (χ1v) is 9.37. The third kappa shape index (κ3) is 3.17. The molecule has 2 heterocycles. The highest BCUT2D eigenvalue weighted by molar-refractivity contribution is 9.11. The van der Waals surface area contributed by atoms with Crippen molar-refractivity contribution >= 4 is 60.2 Å². The van der Waals surface area contributed by atoms with E-state index in [0.717, 1.165) is 14.6 Å². The molecule has 0 atom stereocenters. The van der Waals surface area contributed by atoms with Crippen LogP contribution in [-0.4, -0.2) is 0 Å². The number of anilines is 1. The van der Waals surface area contributed by atoms with Crippen LogP contribution in [-0.2, 0) is 0 Å². The quantitative estimate of drug-likeness (QED) is 0.497. The van der Waals surface area contributed by atoms with Crippen molar-refractivity contribution in [3.05, 3.63) is 71.9 Å². The third-order valence-corrected chi connectivity index (χ3v) is 5.94. The molecule has 2 aromatic heterocycles. The Morgan fingerprint density at radius 3 is 2.10 bits per heavy atom. The number of hydrogen-bond donors (Lipinski definition) is 1. The van der Waals surface area contributed by atoms with Crippen LogP contribution in [0.1, 0.15) is 15.8 Å². The van der Waals surface area contributed by atoms with E-state index in [1.807, 2.05) is 12.1 Å². The van der Waals surface area contributed by atoms with E-state index < -0.39 is 0 Å². The molecule has 0 fully saturated rings. The molecule has 0 aliphatic rings. The van der Waals surface area contributed by atoms with Crippen LogP contribution in [0, 0.1) is 0 Å². The Hall–Kier alpha value is -0.620. The summed E-state index contributed by atoms with van der Waals surface area (Å²) in [5.74, 6) is 0. The van der Waals surface area contributed by atoms with E-state index in [1.165, 1.54) is 9.75 Å². The minimum atomic E-state index is 0.195. The van der Waals surface area contributed by atoms with Crippen molar-refractivity contribution in [3.63, 3.8) is 0 Å². The molecule has 1 aromatic carbocycles. The molecule has 20 heavy (non-hydrogen) atoms. The zero-order chi connectivity index (χ0) is 13.9. The van der Waals surface area contributed by atoms with Crippen molar-refractivity contribution in [2.45, 2.75) is 6.04 Å². The van der Waals surface area contributed by atoms with Crippen molar-refractivity contribution in [2.75, 3.05) is 5.32 Å². The number of benzene rings is 1. The van der Waals surface area contributed by atoms with Gasteiger partial charge in [0, 0.05) is 18.7 Å². The summed E-state index contributed by atoms with van der Waals surface area (Å²) < 4.78 is 2.14. The van der Waals surface area contributed by atoms with Crippen molar-refractivity contribution < 1.29 is 0 Å². The van der Waals surface area contributed by atoms with Crippen LogP contribution < -0.4 is 5.32 Å². The number of thiophene rings is 2. The Balaban J connectivity index is 1.97. The largest absolute Gasteiger partial charge is 0.372 e. The zero-order valence-corrected chi connectivity index (χ0v) is 15.2. The smallest absolute Gasteiger partial charge is 0.0953 e. The first-order chi connectivity index (χ1) is 9.74. The third-order valence-electron chi connectivity index (χ3n) is 2.88. The van der Waals surface area contributed by atoms with Gasteiger partial charge in [-0.05, 0) is 57.0 Å². The van der Waals surface area contributed by atoms with Crippen molar-refractivity contribution in [2.24, 2.45) is 0 Å². The molecule has 3 aromatic rings. The molecule has 5 heteroatoms. The topological polar surface area (TPSA) is 12.0 Å². The van der Waals surface area contributed by atoms with Crippen LogP contribution >= 0.6 is 54.5 Å². The lowest BCUT2D eigenvalue weighted by Gasteiger charge is -2.19. The summed E-state index contributed by atoms with van der Waals surface area (Å²) in [6.45, 7) is 0. The van der Waals surface area contributed by atoms with E-state index in [0.29, 0.717) is 0 Å². The number of hydrogen-bond acceptors (Lipinski definition) is 3. The fraction of sp³-hybridized carbons (Fsp3) is 0.0667. The van der Waals surface area contributed by atoms with E-state index in [1.54, 1.807) is 22.7 Å². The highest BCUT2D eigenvalue weighted by Crippen LogP contribution is 2.35. The second kappa shape index (κ2) is 6.43. The molecule has 0 saturated carbocycles. The molecular weight excluding hydrogens is 418 g/mol. The van der Waals surface area contributed by atoms with Gasteiger partial charge < -0.3 is 5.32 Å². The lowest BCUT2D eigenvalue weighted by molar-refractivity contribution is 0.990. The van der Waals surface area contributed by atoms with Crippen LogP contribution in [0.15, 0.2) is 62.2 Å². The molecular formula is C15H11Br2NS2. The number of halogens is 2. The summed E-state index contributed by atoms with van der Waals surface area (Å²) in [7, 11) is 0. The van der Waals surface area contributed by atoms with E-state index in [-0.39, 0.29) is 6.04 Å². The molecule has 3 rings (SSSR count). The molecule has 0 aliphatic carbocycles. The molecule has 0 aliphatic heterocycles. The maximum Gasteiger partial charge on any atom is 0.0953 e. The zero-order valence-electron chi connectivity index (χ0n) is 10.3. The van der Waals surface area contributed by atoms with E-state index in [9.17, 15) is 0 Å². The van der Waals surface area contributed by atoms with Crippen LogP contribution in [0.5, 0.6) is 0 Å². The van der Waals surface area contributed by atoms with E-state index in [2.05, 4.69) is 78.3 Å². The summed E-state index contributed by atoms with van der Waals surface area (Å²) in [6.07, 6.45) is 0. The van der Waals surface area contributed by atoms with Crippen LogP contribution in [0.25, 0.3) is 0 Å². The average molecular weight is 429 g/mol. The first-order valence-electron chi connectivity index (χ1n) is 6.02. The normalized spacial score (nSPS) is 10.9. The highest BCUT2D eigenvalue weighted by Gasteiger charge is 2.17. The molecule has 0 unspecified atom stereocenters. The Bertz CT molecular complexity index is 644. The number of rotatable bonds is 4. The van der Waals surface area contributed by atoms with Gasteiger partial charge in [0.25, 0.3) is 0 Å². The first kappa shape index (κ1) is 14.3. The van der Waals surface area contributed by atoms with Gasteiger partial charge in [-0.15, -0.1) is 22.7 Å². The molecule has 0 saturated heterocycles. The van der Waals surface area contributed by atoms with Gasteiger partial charge in [0.2, 0.25) is 0 Å². The Labute approximate surface area is 142 Å². The van der Waals surface area contributed by atoms with Gasteiger partial charge in [-0.2, -0.15) is 0 Å². The minimum Gasteiger partial charge on any atom is -0.372 e. The lowest BCUT2D eigenvalue weighted by atomic mass is 10.2. The summed E-state index contributed by atoms with van der Waals surface area (Å²) >= 11 is 10.7. The molecule has 0 bridgehead atoms. The van der Waals surface area contributed by atoms with Crippen LogP contribution in [0.2, 0.25) is 0 Å². The summed E-state index contributed by atoms with van der Waals surface area (Å²) in [5, 5.41) is 7.87. The molecule has 0 spiro atoms. The van der Waals surface area contributed by atoms with E-state index in [4.69, 9.17) is 0 Å². The summed E-state index contributed by atoms with van der Waals surface area (Å²) in [6, 6.07) is 14.9. The monoisotopic (exact) mass is 427 g/mol. The molecule has 1 nitrogen and oxygen atoms in total. The predicted octanol–water partition coefficient (Wildman–Crippen LogP) is 6.54. The van der Waals surface area contributed by atoms with Crippen LogP contribution in [0.3, 0.4) is 0 Å². The summed E-state index contributed by atoms with van der Waals surface area (Å²) in [5.41, 5.74) is 1.09. The highest BCUT2D eigenvalue weighted by atomic mass is 79.9. The molecule has 0 radical (unpaired) electrons. The minimum absolute atomic E-state index is 0.195. The molecule has 0 amide bonds. The SMILES string of the molecule is Brc1ccc(Br)c(NC(c2cccs2)c2cccs2)c1. The molecule has 102 valence electrons. The lowest BCUT2D eigenvalue weighted by Crippen LogP contribution is -2.09. The Morgan fingerprint density at radius 2 is 1.55 bits per heavy atom. The van der Waals surface area contributed by atoms with Gasteiger partial charge in [-0.3, -0.25) is 0 Å². The van der Waals surface area contributed by atoms with Gasteiger partial charge in [-0.25, -0.2) is 0 Å². The van der Waals surface area contributed by atoms with Gasteiger partial charge in [0.05, 0.1) is 11.7 Å². The van der Waals surface area contributed by atoms with Crippen LogP contribution in [0.4, 0.5) is 5.69 Å². The Morgan fingerprint density at radius 1 is 0.900 bits per heavy atom. The van der Waals surface area contributed by atoms with Crippen molar-refractivity contribution in [1.29, 1.82) is 0 Å². The Kier molecular flexibility index (Phi) is 4.61. The average Bonchev–Trinajstić information content (AvgIpc) is 3.12. The summed E-state index contributed by atoms with van der Waals surface area (Å²) in [4.78, 5) is 2.64. The van der Waals surface area contributed by atoms with Gasteiger partial charge in [-0.1, -0.05) is 28.1 Å². The molecule has 1 N–H and O–H groups in total. The fourth-order valence-corrected chi connectivity index (χ4v) is 4.34. The maximum absolute atomic E-state index is 3.64.